The van der Waals surface area contributed by atoms with Crippen LogP contribution in [0.15, 0.2) is 12.4 Å². The monoisotopic (exact) mass is 166 g/mol. The topological polar surface area (TPSA) is 0 Å². The first-order valence-electron chi connectivity index (χ1n) is 2.00. The third-order valence-corrected chi connectivity index (χ3v) is 0.199. The van der Waals surface area contributed by atoms with Crippen molar-refractivity contribution in [1.82, 2.24) is 0 Å². The maximum atomic E-state index is 10.4. The lowest BCUT2D eigenvalue weighted by Crippen LogP contribution is -1.88. The summed E-state index contributed by atoms with van der Waals surface area (Å²) in [7, 11) is 0. The van der Waals surface area contributed by atoms with Crippen molar-refractivity contribution in [2.75, 3.05) is 6.67 Å². The molecular formula is C4H4F6. The van der Waals surface area contributed by atoms with Crippen LogP contribution in [-0.2, 0) is 0 Å². The zero-order valence-corrected chi connectivity index (χ0v) is 4.63. The summed E-state index contributed by atoms with van der Waals surface area (Å²) >= 11 is 0. The number of alkyl halides is 3. The Bertz CT molecular complexity index is 83.7. The maximum absolute atomic E-state index is 10.4. The van der Waals surface area contributed by atoms with E-state index < -0.39 is 25.5 Å². The van der Waals surface area contributed by atoms with Crippen LogP contribution in [0.5, 0.6) is 0 Å². The van der Waals surface area contributed by atoms with E-state index in [2.05, 4.69) is 0 Å². The Hall–Kier alpha value is -0.680. The average molecular weight is 166 g/mol. The third-order valence-electron chi connectivity index (χ3n) is 0.199. The van der Waals surface area contributed by atoms with Crippen molar-refractivity contribution in [2.24, 2.45) is 0 Å². The fraction of sp³-hybridized carbons (Fsp3) is 0.500. The van der Waals surface area contributed by atoms with Crippen molar-refractivity contribution in [1.29, 1.82) is 0 Å². The van der Waals surface area contributed by atoms with Crippen LogP contribution < -0.4 is 0 Å². The zero-order chi connectivity index (χ0) is 8.57. The summed E-state index contributed by atoms with van der Waals surface area (Å²) in [6.07, 6.45) is -5.82. The molecule has 0 saturated carbocycles. The first-order valence-corrected chi connectivity index (χ1v) is 2.00. The lowest BCUT2D eigenvalue weighted by molar-refractivity contribution is 0.113. The van der Waals surface area contributed by atoms with E-state index in [0.29, 0.717) is 0 Å². The molecule has 0 aliphatic rings. The smallest absolute Gasteiger partial charge is 0.245 e. The molecule has 0 saturated heterocycles. The second kappa shape index (κ2) is 8.32. The first-order chi connectivity index (χ1) is 4.54. The van der Waals surface area contributed by atoms with E-state index in [0.717, 1.165) is 0 Å². The molecule has 0 unspecified atom stereocenters. The number of rotatable bonds is 1. The molecule has 0 radical (unpaired) electrons. The van der Waals surface area contributed by atoms with E-state index in [4.69, 9.17) is 0 Å². The molecular weight excluding hydrogens is 162 g/mol. The van der Waals surface area contributed by atoms with E-state index >= 15 is 0 Å². The minimum atomic E-state index is -2.78. The van der Waals surface area contributed by atoms with Crippen LogP contribution in [-0.4, -0.2) is 13.1 Å². The van der Waals surface area contributed by atoms with E-state index in [-0.39, 0.29) is 0 Å². The SMILES string of the molecule is FC=C(F)F.FCC(F)F. The Kier molecular flexibility index (Phi) is 10.0. The first kappa shape index (κ1) is 12.0. The normalized spacial score (nSPS) is 8.30. The molecule has 0 spiro atoms. The van der Waals surface area contributed by atoms with E-state index in [1.807, 2.05) is 0 Å². The molecule has 0 atom stereocenters. The highest BCUT2D eigenvalue weighted by Gasteiger charge is 1.95. The summed E-state index contributed by atoms with van der Waals surface area (Å²) in [6, 6.07) is 0. The summed E-state index contributed by atoms with van der Waals surface area (Å²) in [5.41, 5.74) is 0. The molecule has 0 N–H and O–H groups in total. The predicted molar refractivity (Wildman–Crippen MR) is 23.4 cm³/mol. The maximum Gasteiger partial charge on any atom is 0.298 e. The molecule has 0 rings (SSSR count). The largest absolute Gasteiger partial charge is 0.298 e. The number of hydrogen-bond acceptors (Lipinski definition) is 0. The second-order valence-corrected chi connectivity index (χ2v) is 0.944. The summed E-state index contributed by atoms with van der Waals surface area (Å²) in [4.78, 5) is 0. The molecule has 6 heteroatoms. The highest BCUT2D eigenvalue weighted by atomic mass is 19.3. The highest BCUT2D eigenvalue weighted by Crippen LogP contribution is 1.93. The Balaban J connectivity index is 0. The minimum absolute atomic E-state index is 0.750. The molecule has 10 heavy (non-hydrogen) atoms. The summed E-state index contributed by atoms with van der Waals surface area (Å²) in [5, 5.41) is 0. The van der Waals surface area contributed by atoms with Gasteiger partial charge in [-0.25, -0.2) is 17.6 Å². The van der Waals surface area contributed by atoms with Crippen molar-refractivity contribution in [3.05, 3.63) is 12.4 Å². The molecule has 0 nitrogen and oxygen atoms in total. The van der Waals surface area contributed by atoms with Crippen LogP contribution in [0.4, 0.5) is 26.3 Å². The van der Waals surface area contributed by atoms with Gasteiger partial charge in [0.25, 0.3) is 12.5 Å². The minimum Gasteiger partial charge on any atom is -0.245 e. The van der Waals surface area contributed by atoms with Crippen molar-refractivity contribution in [2.45, 2.75) is 6.43 Å². The van der Waals surface area contributed by atoms with E-state index in [9.17, 15) is 26.3 Å². The fourth-order valence-corrected chi connectivity index (χ4v) is 0. The van der Waals surface area contributed by atoms with Crippen molar-refractivity contribution in [3.63, 3.8) is 0 Å². The van der Waals surface area contributed by atoms with Crippen molar-refractivity contribution < 1.29 is 26.3 Å². The van der Waals surface area contributed by atoms with Crippen LogP contribution in [0.3, 0.4) is 0 Å². The van der Waals surface area contributed by atoms with Gasteiger partial charge in [0.1, 0.15) is 0 Å². The van der Waals surface area contributed by atoms with Gasteiger partial charge >= 0.3 is 0 Å². The van der Waals surface area contributed by atoms with Gasteiger partial charge in [-0.15, -0.1) is 0 Å². The number of hydrogen-bond donors (Lipinski definition) is 0. The summed E-state index contributed by atoms with van der Waals surface area (Å²) < 4.78 is 61.8. The van der Waals surface area contributed by atoms with Gasteiger partial charge in [-0.1, -0.05) is 0 Å². The van der Waals surface area contributed by atoms with E-state index in [1.165, 1.54) is 0 Å². The number of halogens is 6. The molecule has 0 fully saturated rings. The van der Waals surface area contributed by atoms with Gasteiger partial charge in [-0.05, 0) is 0 Å². The van der Waals surface area contributed by atoms with Gasteiger partial charge < -0.3 is 0 Å². The Labute approximate surface area is 53.1 Å². The lowest BCUT2D eigenvalue weighted by Gasteiger charge is -1.78. The summed E-state index contributed by atoms with van der Waals surface area (Å²) in [6.45, 7) is -1.53. The third kappa shape index (κ3) is 26.5. The molecule has 62 valence electrons. The molecule has 0 aromatic carbocycles. The quantitative estimate of drug-likeness (QED) is 0.525. The molecule has 0 aromatic rings. The van der Waals surface area contributed by atoms with Crippen LogP contribution in [0.1, 0.15) is 0 Å². The Morgan fingerprint density at radius 2 is 1.50 bits per heavy atom. The summed E-state index contributed by atoms with van der Waals surface area (Å²) in [5.74, 6) is 0. The lowest BCUT2D eigenvalue weighted by atomic mass is 10.8. The fourth-order valence-electron chi connectivity index (χ4n) is 0. The Morgan fingerprint density at radius 3 is 1.50 bits per heavy atom. The van der Waals surface area contributed by atoms with Crippen LogP contribution >= 0.6 is 0 Å². The van der Waals surface area contributed by atoms with Crippen LogP contribution in [0.25, 0.3) is 0 Å². The molecule has 0 heterocycles. The second-order valence-electron chi connectivity index (χ2n) is 0.944. The van der Waals surface area contributed by atoms with Gasteiger partial charge in [0.2, 0.25) is 0 Å². The van der Waals surface area contributed by atoms with Crippen molar-refractivity contribution in [3.8, 4) is 0 Å². The van der Waals surface area contributed by atoms with Crippen molar-refractivity contribution >= 4 is 0 Å². The molecule has 0 aliphatic heterocycles. The van der Waals surface area contributed by atoms with Gasteiger partial charge in [-0.3, -0.25) is 0 Å². The average Bonchev–Trinajstić information content (AvgIpc) is 1.89. The molecule has 0 aliphatic carbocycles. The standard InChI is InChI=1S/C2H3F3.C2HF3/c2*3-1-2(4)5/h2H,1H2;1H. The molecule has 0 bridgehead atoms. The Morgan fingerprint density at radius 1 is 1.30 bits per heavy atom. The highest BCUT2D eigenvalue weighted by molar-refractivity contribution is 4.66. The molecule has 0 aromatic heterocycles. The van der Waals surface area contributed by atoms with Gasteiger partial charge in [0.05, 0.1) is 0 Å². The van der Waals surface area contributed by atoms with Gasteiger partial charge in [-0.2, -0.15) is 8.78 Å². The van der Waals surface area contributed by atoms with Gasteiger partial charge in [0.15, 0.2) is 13.0 Å². The molecule has 0 amide bonds. The van der Waals surface area contributed by atoms with E-state index in [1.54, 1.807) is 0 Å². The zero-order valence-electron chi connectivity index (χ0n) is 4.63. The van der Waals surface area contributed by atoms with Crippen LogP contribution in [0.2, 0.25) is 0 Å². The predicted octanol–water partition coefficient (Wildman–Crippen LogP) is 2.91. The van der Waals surface area contributed by atoms with Crippen LogP contribution in [0, 0.1) is 0 Å². The van der Waals surface area contributed by atoms with Gasteiger partial charge in [0, 0.05) is 0 Å².